The van der Waals surface area contributed by atoms with Gasteiger partial charge in [-0.1, -0.05) is 72.8 Å². The largest absolute Gasteiger partial charge is 0.494 e. The Morgan fingerprint density at radius 3 is 2.03 bits per heavy atom. The van der Waals surface area contributed by atoms with Crippen molar-refractivity contribution in [3.63, 3.8) is 0 Å². The zero-order chi connectivity index (χ0) is 23.5. The Hall–Kier alpha value is -3.34. The second kappa shape index (κ2) is 7.59. The molecule has 168 valence electrons. The molecule has 2 heterocycles. The first kappa shape index (κ1) is 21.2. The first-order valence-corrected chi connectivity index (χ1v) is 11.8. The molecule has 0 spiro atoms. The van der Waals surface area contributed by atoms with Gasteiger partial charge in [-0.2, -0.15) is 0 Å². The van der Waals surface area contributed by atoms with Crippen molar-refractivity contribution < 1.29 is 13.7 Å². The normalized spacial score (nSPS) is 17.0. The first-order chi connectivity index (χ1) is 16.3. The molecule has 5 aromatic rings. The fraction of sp³-hybridized carbons (Fsp3) is 0.200. The van der Waals surface area contributed by atoms with Crippen LogP contribution in [0.1, 0.15) is 27.7 Å². The number of hydrogen-bond acceptors (Lipinski definition) is 3. The van der Waals surface area contributed by atoms with Crippen molar-refractivity contribution >= 4 is 34.5 Å². The third-order valence-electron chi connectivity index (χ3n) is 7.31. The molecule has 1 fully saturated rings. The Labute approximate surface area is 200 Å². The van der Waals surface area contributed by atoms with Gasteiger partial charge in [0.15, 0.2) is 0 Å². The fourth-order valence-electron chi connectivity index (χ4n) is 4.71. The number of fused-ring (bicyclic) bond motifs is 3. The van der Waals surface area contributed by atoms with Gasteiger partial charge in [-0.15, -0.1) is 0 Å². The third-order valence-corrected chi connectivity index (χ3v) is 7.31. The van der Waals surface area contributed by atoms with Gasteiger partial charge in [-0.05, 0) is 73.6 Å². The Bertz CT molecular complexity index is 1500. The van der Waals surface area contributed by atoms with E-state index >= 15 is 0 Å². The molecule has 6 rings (SSSR count). The van der Waals surface area contributed by atoms with E-state index < -0.39 is 7.12 Å². The summed E-state index contributed by atoms with van der Waals surface area (Å²) in [5.41, 5.74) is 6.60. The first-order valence-electron chi connectivity index (χ1n) is 11.8. The highest BCUT2D eigenvalue weighted by Gasteiger charge is 2.51. The minimum atomic E-state index is -0.395. The van der Waals surface area contributed by atoms with Gasteiger partial charge in [-0.3, -0.25) is 0 Å². The summed E-state index contributed by atoms with van der Waals surface area (Å²) in [4.78, 5) is 0. The number of rotatable bonds is 3. The van der Waals surface area contributed by atoms with Crippen LogP contribution in [-0.2, 0) is 9.31 Å². The average molecular weight is 446 g/mol. The van der Waals surface area contributed by atoms with E-state index in [0.29, 0.717) is 0 Å². The molecular weight excluding hydrogens is 419 g/mol. The van der Waals surface area contributed by atoms with Gasteiger partial charge in [0, 0.05) is 10.8 Å². The van der Waals surface area contributed by atoms with Crippen molar-refractivity contribution in [1.82, 2.24) is 0 Å². The maximum atomic E-state index is 6.31. The zero-order valence-electron chi connectivity index (χ0n) is 20.0. The van der Waals surface area contributed by atoms with Crippen LogP contribution in [0.5, 0.6) is 0 Å². The topological polar surface area (TPSA) is 31.6 Å². The SMILES string of the molecule is CC1(C)OB(c2cccc(-c3cc(-c4ccccc4)c4c(c3)oc3ccccc34)c2)OC1(C)C. The lowest BCUT2D eigenvalue weighted by molar-refractivity contribution is 0.00578. The lowest BCUT2D eigenvalue weighted by atomic mass is 9.78. The van der Waals surface area contributed by atoms with E-state index in [0.717, 1.165) is 38.5 Å². The van der Waals surface area contributed by atoms with E-state index in [1.54, 1.807) is 0 Å². The number of para-hydroxylation sites is 1. The standard InChI is InChI=1S/C30H27BO3/c1-29(2)30(3,4)34-31(33-29)23-14-10-13-21(17-23)22-18-25(20-11-6-5-7-12-20)28-24-15-8-9-16-26(24)32-27(28)19-22/h5-19H,1-4H3. The van der Waals surface area contributed by atoms with Gasteiger partial charge in [0.05, 0.1) is 11.2 Å². The zero-order valence-corrected chi connectivity index (χ0v) is 20.0. The minimum absolute atomic E-state index is 0.374. The van der Waals surface area contributed by atoms with Crippen molar-refractivity contribution in [1.29, 1.82) is 0 Å². The summed E-state index contributed by atoms with van der Waals surface area (Å²) >= 11 is 0. The van der Waals surface area contributed by atoms with E-state index in [1.807, 2.05) is 18.2 Å². The van der Waals surface area contributed by atoms with Crippen molar-refractivity contribution in [3.05, 3.63) is 91.0 Å². The van der Waals surface area contributed by atoms with E-state index in [9.17, 15) is 0 Å². The van der Waals surface area contributed by atoms with Crippen molar-refractivity contribution in [2.24, 2.45) is 0 Å². The molecule has 0 saturated carbocycles. The molecule has 1 saturated heterocycles. The lowest BCUT2D eigenvalue weighted by Crippen LogP contribution is -2.41. The molecule has 0 amide bonds. The molecule has 3 nitrogen and oxygen atoms in total. The highest BCUT2D eigenvalue weighted by atomic mass is 16.7. The van der Waals surface area contributed by atoms with Crippen LogP contribution in [0, 0.1) is 0 Å². The number of benzene rings is 4. The summed E-state index contributed by atoms with van der Waals surface area (Å²) in [5, 5.41) is 2.28. The van der Waals surface area contributed by atoms with Gasteiger partial charge in [0.1, 0.15) is 11.2 Å². The molecule has 1 aliphatic heterocycles. The van der Waals surface area contributed by atoms with Gasteiger partial charge < -0.3 is 13.7 Å². The van der Waals surface area contributed by atoms with Crippen LogP contribution in [0.3, 0.4) is 0 Å². The maximum absolute atomic E-state index is 6.31. The van der Waals surface area contributed by atoms with Crippen molar-refractivity contribution in [2.45, 2.75) is 38.9 Å². The fourth-order valence-corrected chi connectivity index (χ4v) is 4.71. The summed E-state index contributed by atoms with van der Waals surface area (Å²) in [6, 6.07) is 31.6. The van der Waals surface area contributed by atoms with Crippen molar-refractivity contribution in [2.75, 3.05) is 0 Å². The third kappa shape index (κ3) is 3.37. The Morgan fingerprint density at radius 1 is 0.588 bits per heavy atom. The molecule has 0 unspecified atom stereocenters. The van der Waals surface area contributed by atoms with E-state index in [1.165, 1.54) is 11.1 Å². The van der Waals surface area contributed by atoms with Crippen LogP contribution < -0.4 is 5.46 Å². The lowest BCUT2D eigenvalue weighted by Gasteiger charge is -2.32. The molecule has 0 atom stereocenters. The average Bonchev–Trinajstić information content (AvgIpc) is 3.32. The number of hydrogen-bond donors (Lipinski definition) is 0. The smallest absolute Gasteiger partial charge is 0.456 e. The molecule has 1 aromatic heterocycles. The molecule has 34 heavy (non-hydrogen) atoms. The second-order valence-corrected chi connectivity index (χ2v) is 10.1. The minimum Gasteiger partial charge on any atom is -0.456 e. The molecule has 4 aromatic carbocycles. The molecule has 0 radical (unpaired) electrons. The van der Waals surface area contributed by atoms with E-state index in [2.05, 4.69) is 100 Å². The summed E-state index contributed by atoms with van der Waals surface area (Å²) in [5.74, 6) is 0. The molecule has 1 aliphatic rings. The van der Waals surface area contributed by atoms with Gasteiger partial charge in [-0.25, -0.2) is 0 Å². The highest BCUT2D eigenvalue weighted by molar-refractivity contribution is 6.62. The van der Waals surface area contributed by atoms with E-state index in [-0.39, 0.29) is 11.2 Å². The Kier molecular flexibility index (Phi) is 4.74. The van der Waals surface area contributed by atoms with Crippen LogP contribution in [-0.4, -0.2) is 18.3 Å². The molecular formula is C30H27BO3. The highest BCUT2D eigenvalue weighted by Crippen LogP contribution is 2.40. The summed E-state index contributed by atoms with van der Waals surface area (Å²) in [6.45, 7) is 8.33. The van der Waals surface area contributed by atoms with E-state index in [4.69, 9.17) is 13.7 Å². The summed E-state index contributed by atoms with van der Waals surface area (Å²) in [6.07, 6.45) is 0. The summed E-state index contributed by atoms with van der Waals surface area (Å²) in [7, 11) is -0.395. The van der Waals surface area contributed by atoms with Crippen molar-refractivity contribution in [3.8, 4) is 22.3 Å². The second-order valence-electron chi connectivity index (χ2n) is 10.1. The maximum Gasteiger partial charge on any atom is 0.494 e. The molecule has 0 bridgehead atoms. The predicted octanol–water partition coefficient (Wildman–Crippen LogP) is 7.22. The van der Waals surface area contributed by atoms with Crippen LogP contribution >= 0.6 is 0 Å². The van der Waals surface area contributed by atoms with Crippen LogP contribution in [0.25, 0.3) is 44.2 Å². The molecule has 0 N–H and O–H groups in total. The predicted molar refractivity (Wildman–Crippen MR) is 140 cm³/mol. The Morgan fingerprint density at radius 2 is 1.26 bits per heavy atom. The van der Waals surface area contributed by atoms with Gasteiger partial charge in [0.2, 0.25) is 0 Å². The van der Waals surface area contributed by atoms with Gasteiger partial charge >= 0.3 is 7.12 Å². The summed E-state index contributed by atoms with van der Waals surface area (Å²) < 4.78 is 18.9. The van der Waals surface area contributed by atoms with Crippen LogP contribution in [0.4, 0.5) is 0 Å². The van der Waals surface area contributed by atoms with Crippen LogP contribution in [0.2, 0.25) is 0 Å². The monoisotopic (exact) mass is 446 g/mol. The molecule has 0 aliphatic carbocycles. The number of furan rings is 1. The molecule has 4 heteroatoms. The Balaban J connectivity index is 1.51. The van der Waals surface area contributed by atoms with Gasteiger partial charge in [0.25, 0.3) is 0 Å². The quantitative estimate of drug-likeness (QED) is 0.274. The van der Waals surface area contributed by atoms with Crippen LogP contribution in [0.15, 0.2) is 95.4 Å².